The minimum Gasteiger partial charge on any atom is -0.467 e. The summed E-state index contributed by atoms with van der Waals surface area (Å²) in [5, 5.41) is 16.0. The third kappa shape index (κ3) is 3.83. The Labute approximate surface area is 181 Å². The maximum absolute atomic E-state index is 5.58. The Bertz CT molecular complexity index is 1240. The maximum Gasteiger partial charge on any atom is 0.192 e. The van der Waals surface area contributed by atoms with E-state index in [1.54, 1.807) is 29.4 Å². The third-order valence-corrected chi connectivity index (χ3v) is 6.55. The van der Waals surface area contributed by atoms with Crippen molar-refractivity contribution < 1.29 is 8.94 Å². The summed E-state index contributed by atoms with van der Waals surface area (Å²) in [6.07, 6.45) is 1.68. The molecule has 0 bridgehead atoms. The van der Waals surface area contributed by atoms with E-state index in [-0.39, 0.29) is 0 Å². The lowest BCUT2D eigenvalue weighted by molar-refractivity contribution is 0.427. The van der Waals surface area contributed by atoms with Crippen LogP contribution in [0.1, 0.15) is 17.0 Å². The molecule has 0 N–H and O–H groups in total. The van der Waals surface area contributed by atoms with Gasteiger partial charge in [0.25, 0.3) is 0 Å². The molecule has 0 spiro atoms. The zero-order chi connectivity index (χ0) is 20.3. The second-order valence-corrected chi connectivity index (χ2v) is 8.63. The van der Waals surface area contributed by atoms with Gasteiger partial charge in [0.2, 0.25) is 0 Å². The van der Waals surface area contributed by atoms with Crippen LogP contribution in [0.2, 0.25) is 0 Å². The highest BCUT2D eigenvalue weighted by Crippen LogP contribution is 2.30. The fourth-order valence-corrected chi connectivity index (χ4v) is 4.66. The Kier molecular flexibility index (Phi) is 5.25. The molecule has 150 valence electrons. The van der Waals surface area contributed by atoms with Gasteiger partial charge in [0.1, 0.15) is 5.76 Å². The van der Waals surface area contributed by atoms with E-state index in [0.29, 0.717) is 12.3 Å². The fraction of sp³-hybridized carbons (Fsp3) is 0.136. The predicted molar refractivity (Wildman–Crippen MR) is 117 cm³/mol. The van der Waals surface area contributed by atoms with Gasteiger partial charge in [-0.25, -0.2) is 0 Å². The Morgan fingerprint density at radius 3 is 2.80 bits per heavy atom. The van der Waals surface area contributed by atoms with E-state index in [2.05, 4.69) is 39.0 Å². The number of furan rings is 1. The van der Waals surface area contributed by atoms with Crippen LogP contribution in [-0.4, -0.2) is 19.9 Å². The van der Waals surface area contributed by atoms with Gasteiger partial charge in [0.05, 0.1) is 23.4 Å². The Hall–Kier alpha value is -3.10. The molecule has 5 rings (SSSR count). The van der Waals surface area contributed by atoms with Crippen molar-refractivity contribution in [2.75, 3.05) is 0 Å². The van der Waals surface area contributed by atoms with Crippen molar-refractivity contribution in [1.29, 1.82) is 0 Å². The van der Waals surface area contributed by atoms with Crippen LogP contribution in [0, 0.1) is 6.92 Å². The summed E-state index contributed by atoms with van der Waals surface area (Å²) < 4.78 is 13.2. The number of thiophene rings is 1. The van der Waals surface area contributed by atoms with E-state index in [0.717, 1.165) is 44.2 Å². The third-order valence-electron chi connectivity index (χ3n) is 4.67. The molecule has 4 aromatic heterocycles. The first-order valence-corrected chi connectivity index (χ1v) is 11.3. The summed E-state index contributed by atoms with van der Waals surface area (Å²) in [6.45, 7) is 2.64. The highest BCUT2D eigenvalue weighted by molar-refractivity contribution is 7.98. The van der Waals surface area contributed by atoms with Gasteiger partial charge in [0, 0.05) is 17.4 Å². The van der Waals surface area contributed by atoms with Gasteiger partial charge in [-0.15, -0.1) is 21.5 Å². The van der Waals surface area contributed by atoms with Crippen LogP contribution in [0.3, 0.4) is 0 Å². The molecule has 0 saturated heterocycles. The van der Waals surface area contributed by atoms with E-state index in [1.807, 2.05) is 47.8 Å². The van der Waals surface area contributed by atoms with E-state index >= 15 is 0 Å². The standard InChI is InChI=1S/C22H18N4O2S2/c1-15-6-2-3-8-18(15)21-23-24-22(26(21)13-17-7-4-10-27-17)30-14-16-12-19(28-25-16)20-9-5-11-29-20/h2-12H,13-14H2,1H3. The van der Waals surface area contributed by atoms with Gasteiger partial charge in [-0.3, -0.25) is 4.57 Å². The quantitative estimate of drug-likeness (QED) is 0.297. The molecule has 0 aliphatic rings. The molecule has 5 aromatic rings. The summed E-state index contributed by atoms with van der Waals surface area (Å²) in [5.74, 6) is 3.11. The van der Waals surface area contributed by atoms with Gasteiger partial charge < -0.3 is 8.94 Å². The highest BCUT2D eigenvalue weighted by atomic mass is 32.2. The van der Waals surface area contributed by atoms with Crippen molar-refractivity contribution in [3.8, 4) is 22.0 Å². The van der Waals surface area contributed by atoms with Crippen LogP contribution in [0.15, 0.2) is 80.3 Å². The number of aryl methyl sites for hydroxylation is 1. The molecule has 0 unspecified atom stereocenters. The van der Waals surface area contributed by atoms with Crippen LogP contribution in [0.4, 0.5) is 0 Å². The van der Waals surface area contributed by atoms with Crippen molar-refractivity contribution in [1.82, 2.24) is 19.9 Å². The monoisotopic (exact) mass is 434 g/mol. The number of thioether (sulfide) groups is 1. The summed E-state index contributed by atoms with van der Waals surface area (Å²) >= 11 is 3.22. The van der Waals surface area contributed by atoms with Gasteiger partial charge in [-0.05, 0) is 36.1 Å². The first-order chi connectivity index (χ1) is 14.8. The molecule has 0 atom stereocenters. The predicted octanol–water partition coefficient (Wildman–Crippen LogP) is 5.90. The van der Waals surface area contributed by atoms with Gasteiger partial charge >= 0.3 is 0 Å². The lowest BCUT2D eigenvalue weighted by Crippen LogP contribution is -2.04. The Morgan fingerprint density at radius 2 is 2.00 bits per heavy atom. The SMILES string of the molecule is Cc1ccccc1-c1nnc(SCc2cc(-c3cccs3)on2)n1Cc1ccco1. The first-order valence-electron chi connectivity index (χ1n) is 9.42. The van der Waals surface area contributed by atoms with E-state index in [4.69, 9.17) is 8.94 Å². The summed E-state index contributed by atoms with van der Waals surface area (Å²) in [4.78, 5) is 1.07. The average Bonchev–Trinajstić information content (AvgIpc) is 3.55. The Balaban J connectivity index is 1.42. The topological polar surface area (TPSA) is 69.9 Å². The van der Waals surface area contributed by atoms with Crippen LogP contribution in [0.5, 0.6) is 0 Å². The molecule has 0 saturated carbocycles. The molecule has 0 aliphatic heterocycles. The minimum atomic E-state index is 0.561. The van der Waals surface area contributed by atoms with Crippen molar-refractivity contribution >= 4 is 23.1 Å². The first kappa shape index (κ1) is 18.9. The van der Waals surface area contributed by atoms with Gasteiger partial charge in [0.15, 0.2) is 16.7 Å². The summed E-state index contributed by atoms with van der Waals surface area (Å²) in [7, 11) is 0. The number of rotatable bonds is 7. The molecular weight excluding hydrogens is 416 g/mol. The normalized spacial score (nSPS) is 11.2. The molecule has 0 amide bonds. The van der Waals surface area contributed by atoms with Crippen LogP contribution >= 0.6 is 23.1 Å². The number of hydrogen-bond donors (Lipinski definition) is 0. The zero-order valence-electron chi connectivity index (χ0n) is 16.2. The van der Waals surface area contributed by atoms with E-state index < -0.39 is 0 Å². The second-order valence-electron chi connectivity index (χ2n) is 6.74. The largest absolute Gasteiger partial charge is 0.467 e. The molecule has 1 aromatic carbocycles. The molecule has 6 nitrogen and oxygen atoms in total. The van der Waals surface area contributed by atoms with Gasteiger partial charge in [-0.2, -0.15) is 0 Å². The number of benzene rings is 1. The molecule has 0 radical (unpaired) electrons. The maximum atomic E-state index is 5.58. The van der Waals surface area contributed by atoms with Crippen molar-refractivity contribution in [3.05, 3.63) is 83.3 Å². The number of nitrogens with zero attached hydrogens (tertiary/aromatic N) is 4. The molecule has 8 heteroatoms. The zero-order valence-corrected chi connectivity index (χ0v) is 17.8. The summed E-state index contributed by atoms with van der Waals surface area (Å²) in [5.41, 5.74) is 3.08. The van der Waals surface area contributed by atoms with E-state index in [9.17, 15) is 0 Å². The Morgan fingerprint density at radius 1 is 1.07 bits per heavy atom. The minimum absolute atomic E-state index is 0.561. The van der Waals surface area contributed by atoms with E-state index in [1.165, 1.54) is 0 Å². The van der Waals surface area contributed by atoms with Crippen molar-refractivity contribution in [2.45, 2.75) is 24.4 Å². The lowest BCUT2D eigenvalue weighted by Gasteiger charge is -2.10. The van der Waals surface area contributed by atoms with Crippen LogP contribution in [-0.2, 0) is 12.3 Å². The van der Waals surface area contributed by atoms with Crippen LogP contribution < -0.4 is 0 Å². The average molecular weight is 435 g/mol. The fourth-order valence-electron chi connectivity index (χ4n) is 3.17. The smallest absolute Gasteiger partial charge is 0.192 e. The molecule has 30 heavy (non-hydrogen) atoms. The van der Waals surface area contributed by atoms with Crippen LogP contribution in [0.25, 0.3) is 22.0 Å². The molecule has 4 heterocycles. The second kappa shape index (κ2) is 8.33. The van der Waals surface area contributed by atoms with Crippen molar-refractivity contribution in [2.24, 2.45) is 0 Å². The molecule has 0 aliphatic carbocycles. The van der Waals surface area contributed by atoms with Gasteiger partial charge in [-0.1, -0.05) is 47.3 Å². The number of aromatic nitrogens is 4. The molecular formula is C22H18N4O2S2. The lowest BCUT2D eigenvalue weighted by atomic mass is 10.1. The summed E-state index contributed by atoms with van der Waals surface area (Å²) in [6, 6.07) is 18.0. The highest BCUT2D eigenvalue weighted by Gasteiger charge is 2.18. The molecule has 0 fully saturated rings. The number of hydrogen-bond acceptors (Lipinski definition) is 7. The van der Waals surface area contributed by atoms with Crippen molar-refractivity contribution in [3.63, 3.8) is 0 Å².